The molecule has 0 aliphatic carbocycles. The zero-order chi connectivity index (χ0) is 15.4. The van der Waals surface area contributed by atoms with Crippen LogP contribution in [0.2, 0.25) is 0 Å². The Morgan fingerprint density at radius 1 is 1.33 bits per heavy atom. The molecule has 0 fully saturated rings. The Bertz CT molecular complexity index is 702. The van der Waals surface area contributed by atoms with Crippen LogP contribution in [0.15, 0.2) is 36.7 Å². The van der Waals surface area contributed by atoms with Crippen molar-refractivity contribution in [1.82, 2.24) is 4.98 Å². The first-order chi connectivity index (χ1) is 10.0. The monoisotopic (exact) mass is 287 g/mol. The van der Waals surface area contributed by atoms with E-state index in [1.54, 1.807) is 12.3 Å². The number of hydrogen-bond acceptors (Lipinski definition) is 6. The molecule has 2 rings (SSSR count). The number of nitro groups is 1. The highest BCUT2D eigenvalue weighted by atomic mass is 16.6. The minimum Gasteiger partial charge on any atom is -0.323 e. The minimum atomic E-state index is -0.577. The summed E-state index contributed by atoms with van der Waals surface area (Å²) in [6, 6.07) is 5.55. The molecule has 8 nitrogen and oxygen atoms in total. The molecule has 2 aromatic rings. The van der Waals surface area contributed by atoms with E-state index in [0.717, 1.165) is 11.6 Å². The summed E-state index contributed by atoms with van der Waals surface area (Å²) in [5.41, 5.74) is 3.87. The first kappa shape index (κ1) is 14.4. The fourth-order valence-electron chi connectivity index (χ4n) is 1.74. The summed E-state index contributed by atoms with van der Waals surface area (Å²) in [6.45, 7) is 1.81. The van der Waals surface area contributed by atoms with E-state index in [9.17, 15) is 14.9 Å². The van der Waals surface area contributed by atoms with Crippen LogP contribution in [0.4, 0.5) is 17.1 Å². The Labute approximate surface area is 120 Å². The van der Waals surface area contributed by atoms with Crippen molar-refractivity contribution in [3.8, 4) is 0 Å². The number of non-ortho nitro benzene ring substituents is 1. The van der Waals surface area contributed by atoms with Crippen LogP contribution in [-0.4, -0.2) is 15.8 Å². The number of nitrogens with two attached hydrogens (primary N) is 1. The van der Waals surface area contributed by atoms with Gasteiger partial charge in [-0.1, -0.05) is 0 Å². The van der Waals surface area contributed by atoms with E-state index in [2.05, 4.69) is 15.7 Å². The molecule has 1 aromatic carbocycles. The van der Waals surface area contributed by atoms with Crippen molar-refractivity contribution in [2.75, 3.05) is 10.7 Å². The van der Waals surface area contributed by atoms with Crippen LogP contribution in [0.5, 0.6) is 0 Å². The van der Waals surface area contributed by atoms with Crippen LogP contribution in [0.1, 0.15) is 15.9 Å². The number of pyridine rings is 1. The van der Waals surface area contributed by atoms with Crippen molar-refractivity contribution in [3.63, 3.8) is 0 Å². The zero-order valence-electron chi connectivity index (χ0n) is 11.2. The number of aromatic nitrogens is 1. The average molecular weight is 287 g/mol. The lowest BCUT2D eigenvalue weighted by Crippen LogP contribution is -2.18. The predicted molar refractivity (Wildman–Crippen MR) is 77.8 cm³/mol. The van der Waals surface area contributed by atoms with Gasteiger partial charge in [-0.15, -0.1) is 0 Å². The average Bonchev–Trinajstić information content (AvgIpc) is 2.48. The van der Waals surface area contributed by atoms with E-state index in [1.807, 2.05) is 6.92 Å². The van der Waals surface area contributed by atoms with Gasteiger partial charge in [0.15, 0.2) is 0 Å². The topological polar surface area (TPSA) is 123 Å². The third-order valence-electron chi connectivity index (χ3n) is 2.90. The van der Waals surface area contributed by atoms with Crippen LogP contribution < -0.4 is 16.6 Å². The molecule has 0 aliphatic rings. The summed E-state index contributed by atoms with van der Waals surface area (Å²) >= 11 is 0. The van der Waals surface area contributed by atoms with Gasteiger partial charge in [0.2, 0.25) is 0 Å². The van der Waals surface area contributed by atoms with E-state index in [1.165, 1.54) is 18.3 Å². The quantitative estimate of drug-likeness (QED) is 0.448. The van der Waals surface area contributed by atoms with Crippen molar-refractivity contribution in [2.24, 2.45) is 5.84 Å². The maximum absolute atomic E-state index is 12.3. The number of hydrazine groups is 1. The number of nitro benzene ring substituents is 1. The Morgan fingerprint density at radius 2 is 2.10 bits per heavy atom. The largest absolute Gasteiger partial charge is 0.323 e. The fourth-order valence-corrected chi connectivity index (χ4v) is 1.74. The summed E-state index contributed by atoms with van der Waals surface area (Å²) in [4.78, 5) is 26.4. The molecule has 1 amide bonds. The third-order valence-corrected chi connectivity index (χ3v) is 2.90. The molecule has 21 heavy (non-hydrogen) atoms. The van der Waals surface area contributed by atoms with Crippen LogP contribution in [0.3, 0.4) is 0 Å². The van der Waals surface area contributed by atoms with Gasteiger partial charge < -0.3 is 10.7 Å². The SMILES string of the molecule is Cc1ccncc1NC(=O)c1cc([N+](=O)[O-])ccc1NN. The summed E-state index contributed by atoms with van der Waals surface area (Å²) in [5, 5.41) is 13.4. The minimum absolute atomic E-state index is 0.0787. The lowest BCUT2D eigenvalue weighted by Gasteiger charge is -2.10. The molecule has 0 unspecified atom stereocenters. The van der Waals surface area contributed by atoms with Gasteiger partial charge in [-0.2, -0.15) is 0 Å². The molecule has 0 spiro atoms. The van der Waals surface area contributed by atoms with E-state index >= 15 is 0 Å². The lowest BCUT2D eigenvalue weighted by atomic mass is 10.1. The second kappa shape index (κ2) is 5.97. The van der Waals surface area contributed by atoms with Gasteiger partial charge in [0.25, 0.3) is 11.6 Å². The highest BCUT2D eigenvalue weighted by Gasteiger charge is 2.17. The van der Waals surface area contributed by atoms with Gasteiger partial charge >= 0.3 is 0 Å². The van der Waals surface area contributed by atoms with Crippen molar-refractivity contribution < 1.29 is 9.72 Å². The predicted octanol–water partition coefficient (Wildman–Crippen LogP) is 1.84. The number of carbonyl (C=O) groups excluding carboxylic acids is 1. The van der Waals surface area contributed by atoms with Crippen molar-refractivity contribution >= 4 is 23.0 Å². The van der Waals surface area contributed by atoms with E-state index in [0.29, 0.717) is 11.4 Å². The number of amides is 1. The molecule has 108 valence electrons. The zero-order valence-corrected chi connectivity index (χ0v) is 11.2. The normalized spacial score (nSPS) is 10.0. The van der Waals surface area contributed by atoms with Gasteiger partial charge in [0.05, 0.1) is 28.1 Å². The Kier molecular flexibility index (Phi) is 4.10. The second-order valence-corrected chi connectivity index (χ2v) is 4.28. The van der Waals surface area contributed by atoms with Crippen LogP contribution in [0.25, 0.3) is 0 Å². The van der Waals surface area contributed by atoms with Crippen molar-refractivity contribution in [2.45, 2.75) is 6.92 Å². The highest BCUT2D eigenvalue weighted by Crippen LogP contribution is 2.23. The number of anilines is 2. The van der Waals surface area contributed by atoms with Crippen molar-refractivity contribution in [3.05, 3.63) is 57.9 Å². The smallest absolute Gasteiger partial charge is 0.270 e. The van der Waals surface area contributed by atoms with E-state index in [4.69, 9.17) is 5.84 Å². The van der Waals surface area contributed by atoms with Gasteiger partial charge in [-0.05, 0) is 24.6 Å². The number of carbonyl (C=O) groups is 1. The molecule has 0 saturated heterocycles. The molecule has 0 radical (unpaired) electrons. The summed E-state index contributed by atoms with van der Waals surface area (Å²) in [6.07, 6.45) is 3.10. The number of benzene rings is 1. The molecular formula is C13H13N5O3. The number of aryl methyl sites for hydroxylation is 1. The maximum atomic E-state index is 12.3. The van der Waals surface area contributed by atoms with Crippen LogP contribution >= 0.6 is 0 Å². The summed E-state index contributed by atoms with van der Waals surface area (Å²) < 4.78 is 0. The fraction of sp³-hybridized carbons (Fsp3) is 0.0769. The summed E-state index contributed by atoms with van der Waals surface area (Å²) in [7, 11) is 0. The van der Waals surface area contributed by atoms with Gasteiger partial charge in [0, 0.05) is 18.3 Å². The lowest BCUT2D eigenvalue weighted by molar-refractivity contribution is -0.384. The first-order valence-corrected chi connectivity index (χ1v) is 6.00. The molecule has 0 atom stereocenters. The Hall–Kier alpha value is -3.00. The molecule has 1 heterocycles. The molecule has 0 aliphatic heterocycles. The van der Waals surface area contributed by atoms with Crippen LogP contribution in [0, 0.1) is 17.0 Å². The number of nitrogens with zero attached hydrogens (tertiary/aromatic N) is 2. The molecule has 4 N–H and O–H groups in total. The van der Waals surface area contributed by atoms with E-state index < -0.39 is 10.8 Å². The summed E-state index contributed by atoms with van der Waals surface area (Å²) in [5.74, 6) is 4.81. The first-order valence-electron chi connectivity index (χ1n) is 6.00. The number of nitrogen functional groups attached to an aromatic ring is 1. The molecule has 8 heteroatoms. The van der Waals surface area contributed by atoms with Crippen LogP contribution in [-0.2, 0) is 0 Å². The number of rotatable bonds is 4. The Morgan fingerprint density at radius 3 is 2.71 bits per heavy atom. The number of nitrogens with one attached hydrogen (secondary N) is 2. The standard InChI is InChI=1S/C13H13N5O3/c1-8-4-5-15-7-12(8)16-13(19)10-6-9(18(20)21)2-3-11(10)17-14/h2-7,17H,14H2,1H3,(H,16,19). The third kappa shape index (κ3) is 3.12. The van der Waals surface area contributed by atoms with Gasteiger partial charge in [-0.3, -0.25) is 25.7 Å². The van der Waals surface area contributed by atoms with Gasteiger partial charge in [-0.25, -0.2) is 0 Å². The second-order valence-electron chi connectivity index (χ2n) is 4.28. The molecule has 1 aromatic heterocycles. The molecule has 0 bridgehead atoms. The Balaban J connectivity index is 2.36. The molecular weight excluding hydrogens is 274 g/mol. The highest BCUT2D eigenvalue weighted by molar-refractivity contribution is 6.08. The maximum Gasteiger partial charge on any atom is 0.270 e. The van der Waals surface area contributed by atoms with Crippen molar-refractivity contribution in [1.29, 1.82) is 0 Å². The molecule has 0 saturated carbocycles. The number of hydrogen-bond donors (Lipinski definition) is 3. The van der Waals surface area contributed by atoms with E-state index in [-0.39, 0.29) is 11.3 Å². The van der Waals surface area contributed by atoms with Gasteiger partial charge in [0.1, 0.15) is 0 Å².